The number of fused-ring (bicyclic) bond motifs is 2. The smallest absolute Gasteiger partial charge is 0.266 e. The van der Waals surface area contributed by atoms with Crippen molar-refractivity contribution in [1.29, 1.82) is 0 Å². The van der Waals surface area contributed by atoms with E-state index in [9.17, 15) is 13.2 Å². The second kappa shape index (κ2) is 5.77. The first-order valence-corrected chi connectivity index (χ1v) is 9.52. The van der Waals surface area contributed by atoms with Crippen LogP contribution in [0.1, 0.15) is 28.4 Å². The Bertz CT molecular complexity index is 932. The van der Waals surface area contributed by atoms with Gasteiger partial charge in [-0.3, -0.25) is 9.52 Å². The minimum atomic E-state index is -3.84. The minimum Gasteiger partial charge on any atom is -0.493 e. The van der Waals surface area contributed by atoms with Crippen LogP contribution in [0.5, 0.6) is 11.5 Å². The SMILES string of the molecule is CC(=O)c1ccc(NS(=O)(=O)c2c3c(cc4c2OCC4)OCC3)cc1. The molecule has 0 aromatic heterocycles. The number of carbonyl (C=O) groups is 1. The van der Waals surface area contributed by atoms with Crippen LogP contribution in [0.4, 0.5) is 5.69 Å². The molecule has 0 aliphatic carbocycles. The van der Waals surface area contributed by atoms with Gasteiger partial charge in [0.25, 0.3) is 10.0 Å². The highest BCUT2D eigenvalue weighted by atomic mass is 32.2. The van der Waals surface area contributed by atoms with E-state index in [0.29, 0.717) is 54.4 Å². The molecule has 0 bridgehead atoms. The molecule has 4 rings (SSSR count). The first-order valence-electron chi connectivity index (χ1n) is 8.04. The molecule has 0 unspecified atom stereocenters. The van der Waals surface area contributed by atoms with Gasteiger partial charge in [-0.05, 0) is 37.3 Å². The molecular formula is C18H17NO5S. The van der Waals surface area contributed by atoms with Crippen molar-refractivity contribution >= 4 is 21.5 Å². The highest BCUT2D eigenvalue weighted by molar-refractivity contribution is 7.92. The molecule has 0 saturated heterocycles. The van der Waals surface area contributed by atoms with Gasteiger partial charge in [-0.15, -0.1) is 0 Å². The first-order chi connectivity index (χ1) is 12.0. The fourth-order valence-electron chi connectivity index (χ4n) is 3.20. The number of hydrogen-bond donors (Lipinski definition) is 1. The van der Waals surface area contributed by atoms with E-state index >= 15 is 0 Å². The van der Waals surface area contributed by atoms with Crippen LogP contribution >= 0.6 is 0 Å². The van der Waals surface area contributed by atoms with Crippen molar-refractivity contribution in [3.63, 3.8) is 0 Å². The summed E-state index contributed by atoms with van der Waals surface area (Å²) in [5.41, 5.74) is 2.44. The predicted octanol–water partition coefficient (Wildman–Crippen LogP) is 2.56. The highest BCUT2D eigenvalue weighted by Gasteiger charge is 2.33. The molecule has 0 atom stereocenters. The lowest BCUT2D eigenvalue weighted by Crippen LogP contribution is -2.16. The Hall–Kier alpha value is -2.54. The lowest BCUT2D eigenvalue weighted by Gasteiger charge is -2.15. The summed E-state index contributed by atoms with van der Waals surface area (Å²) in [6.45, 7) is 2.40. The molecule has 130 valence electrons. The van der Waals surface area contributed by atoms with Crippen molar-refractivity contribution in [2.24, 2.45) is 0 Å². The van der Waals surface area contributed by atoms with Gasteiger partial charge in [0.05, 0.1) is 13.2 Å². The van der Waals surface area contributed by atoms with Crippen molar-refractivity contribution in [3.05, 3.63) is 47.0 Å². The van der Waals surface area contributed by atoms with Crippen molar-refractivity contribution in [2.45, 2.75) is 24.7 Å². The van der Waals surface area contributed by atoms with Crippen LogP contribution in [0.15, 0.2) is 35.2 Å². The lowest BCUT2D eigenvalue weighted by atomic mass is 10.1. The summed E-state index contributed by atoms with van der Waals surface area (Å²) in [7, 11) is -3.84. The molecule has 2 aromatic carbocycles. The van der Waals surface area contributed by atoms with E-state index in [1.165, 1.54) is 6.92 Å². The number of benzene rings is 2. The Kier molecular flexibility index (Phi) is 3.68. The molecule has 0 radical (unpaired) electrons. The Morgan fingerprint density at radius 1 is 1.08 bits per heavy atom. The van der Waals surface area contributed by atoms with Gasteiger partial charge >= 0.3 is 0 Å². The molecule has 2 aliphatic heterocycles. The van der Waals surface area contributed by atoms with Gasteiger partial charge < -0.3 is 9.47 Å². The average Bonchev–Trinajstić information content (AvgIpc) is 3.20. The van der Waals surface area contributed by atoms with Crippen molar-refractivity contribution in [1.82, 2.24) is 0 Å². The number of nitrogens with one attached hydrogen (secondary N) is 1. The van der Waals surface area contributed by atoms with Crippen LogP contribution in [0.25, 0.3) is 0 Å². The number of rotatable bonds is 4. The number of hydrogen-bond acceptors (Lipinski definition) is 5. The van der Waals surface area contributed by atoms with Crippen LogP contribution in [0, 0.1) is 0 Å². The molecule has 1 N–H and O–H groups in total. The zero-order valence-corrected chi connectivity index (χ0v) is 14.5. The Balaban J connectivity index is 1.75. The van der Waals surface area contributed by atoms with Crippen molar-refractivity contribution < 1.29 is 22.7 Å². The number of ether oxygens (including phenoxy) is 2. The lowest BCUT2D eigenvalue weighted by molar-refractivity contribution is 0.101. The van der Waals surface area contributed by atoms with E-state index in [4.69, 9.17) is 9.47 Å². The van der Waals surface area contributed by atoms with E-state index in [2.05, 4.69) is 4.72 Å². The monoisotopic (exact) mass is 359 g/mol. The Labute approximate surface area is 145 Å². The molecule has 0 amide bonds. The molecule has 0 spiro atoms. The van der Waals surface area contributed by atoms with E-state index in [-0.39, 0.29) is 10.7 Å². The van der Waals surface area contributed by atoms with Gasteiger partial charge in [-0.2, -0.15) is 0 Å². The fraction of sp³-hybridized carbons (Fsp3) is 0.278. The van der Waals surface area contributed by atoms with Crippen LogP contribution in [0.3, 0.4) is 0 Å². The highest BCUT2D eigenvalue weighted by Crippen LogP contribution is 2.43. The van der Waals surface area contributed by atoms with Gasteiger partial charge in [-0.1, -0.05) is 0 Å². The Morgan fingerprint density at radius 3 is 2.52 bits per heavy atom. The van der Waals surface area contributed by atoms with Gasteiger partial charge in [0, 0.05) is 35.2 Å². The second-order valence-corrected chi connectivity index (χ2v) is 7.73. The molecule has 2 heterocycles. The summed E-state index contributed by atoms with van der Waals surface area (Å²) >= 11 is 0. The third kappa shape index (κ3) is 2.74. The van der Waals surface area contributed by atoms with E-state index in [1.54, 1.807) is 24.3 Å². The standard InChI is InChI=1S/C18H17NO5S/c1-11(20)12-2-4-14(5-3-12)19-25(21,22)18-15-7-9-23-16(15)10-13-6-8-24-17(13)18/h2-5,10,19H,6-9H2,1H3. The van der Waals surface area contributed by atoms with Crippen LogP contribution in [0.2, 0.25) is 0 Å². The number of carbonyl (C=O) groups excluding carboxylic acids is 1. The maximum absolute atomic E-state index is 13.0. The predicted molar refractivity (Wildman–Crippen MR) is 92.1 cm³/mol. The number of ketones is 1. The normalized spacial score (nSPS) is 15.1. The summed E-state index contributed by atoms with van der Waals surface area (Å²) in [5.74, 6) is 0.979. The third-order valence-electron chi connectivity index (χ3n) is 4.41. The third-order valence-corrected chi connectivity index (χ3v) is 5.89. The van der Waals surface area contributed by atoms with Crippen LogP contribution in [-0.4, -0.2) is 27.4 Å². The zero-order chi connectivity index (χ0) is 17.6. The molecule has 25 heavy (non-hydrogen) atoms. The summed E-state index contributed by atoms with van der Waals surface area (Å²) < 4.78 is 39.8. The first kappa shape index (κ1) is 16.0. The van der Waals surface area contributed by atoms with Crippen LogP contribution in [-0.2, 0) is 22.9 Å². The average molecular weight is 359 g/mol. The van der Waals surface area contributed by atoms with Gasteiger partial charge in [-0.25, -0.2) is 8.42 Å². The largest absolute Gasteiger partial charge is 0.493 e. The fourth-order valence-corrected chi connectivity index (χ4v) is 4.71. The molecule has 2 aromatic rings. The van der Waals surface area contributed by atoms with Crippen molar-refractivity contribution in [2.75, 3.05) is 17.9 Å². The zero-order valence-electron chi connectivity index (χ0n) is 13.7. The molecule has 2 aliphatic rings. The van der Waals surface area contributed by atoms with Gasteiger partial charge in [0.1, 0.15) is 16.4 Å². The maximum Gasteiger partial charge on any atom is 0.266 e. The molecular weight excluding hydrogens is 342 g/mol. The molecule has 0 saturated carbocycles. The number of sulfonamides is 1. The topological polar surface area (TPSA) is 81.7 Å². The molecule has 7 heteroatoms. The number of Topliss-reactive ketones (excluding diaryl/α,β-unsaturated/α-hetero) is 1. The van der Waals surface area contributed by atoms with E-state index in [1.807, 2.05) is 6.07 Å². The van der Waals surface area contributed by atoms with Gasteiger partial charge in [0.2, 0.25) is 0 Å². The summed E-state index contributed by atoms with van der Waals surface area (Å²) in [6.07, 6.45) is 1.20. The molecule has 0 fully saturated rings. The van der Waals surface area contributed by atoms with Gasteiger partial charge in [0.15, 0.2) is 5.78 Å². The summed E-state index contributed by atoms with van der Waals surface area (Å²) in [4.78, 5) is 11.5. The van der Waals surface area contributed by atoms with Crippen LogP contribution < -0.4 is 14.2 Å². The second-order valence-electron chi connectivity index (χ2n) is 6.11. The molecule has 6 nitrogen and oxygen atoms in total. The summed E-state index contributed by atoms with van der Waals surface area (Å²) in [5, 5.41) is 0. The van der Waals surface area contributed by atoms with Crippen molar-refractivity contribution in [3.8, 4) is 11.5 Å². The number of anilines is 1. The van der Waals surface area contributed by atoms with E-state index in [0.717, 1.165) is 5.56 Å². The maximum atomic E-state index is 13.0. The van der Waals surface area contributed by atoms with E-state index < -0.39 is 10.0 Å². The Morgan fingerprint density at radius 2 is 1.80 bits per heavy atom. The quantitative estimate of drug-likeness (QED) is 0.849. The minimum absolute atomic E-state index is 0.0707. The summed E-state index contributed by atoms with van der Waals surface area (Å²) in [6, 6.07) is 8.23.